The summed E-state index contributed by atoms with van der Waals surface area (Å²) in [5.41, 5.74) is 1.08. The van der Waals surface area contributed by atoms with E-state index in [0.29, 0.717) is 19.4 Å². The van der Waals surface area contributed by atoms with Gasteiger partial charge in [0.2, 0.25) is 11.8 Å². The molecule has 1 saturated heterocycles. The van der Waals surface area contributed by atoms with Gasteiger partial charge in [-0.15, -0.1) is 0 Å². The molecule has 6 heteroatoms. The lowest BCUT2D eigenvalue weighted by molar-refractivity contribution is -0.149. The fourth-order valence-corrected chi connectivity index (χ4v) is 2.83. The molecule has 1 aromatic heterocycles. The van der Waals surface area contributed by atoms with Crippen LogP contribution in [0.1, 0.15) is 38.7 Å². The maximum absolute atomic E-state index is 12.5. The summed E-state index contributed by atoms with van der Waals surface area (Å²) in [5.74, 6) is 0.0222. The van der Waals surface area contributed by atoms with Crippen molar-refractivity contribution in [2.75, 3.05) is 6.54 Å². The van der Waals surface area contributed by atoms with Gasteiger partial charge in [-0.1, -0.05) is 20.3 Å². The van der Waals surface area contributed by atoms with Crippen molar-refractivity contribution in [3.05, 3.63) is 18.0 Å². The first-order chi connectivity index (χ1) is 10.1. The summed E-state index contributed by atoms with van der Waals surface area (Å²) in [6.07, 6.45) is 6.69. The topological polar surface area (TPSA) is 67.2 Å². The normalized spacial score (nSPS) is 22.5. The van der Waals surface area contributed by atoms with Crippen LogP contribution in [-0.2, 0) is 23.1 Å². The highest BCUT2D eigenvalue weighted by Crippen LogP contribution is 2.16. The molecule has 1 aliphatic rings. The second-order valence-corrected chi connectivity index (χ2v) is 5.58. The van der Waals surface area contributed by atoms with Crippen molar-refractivity contribution in [3.8, 4) is 0 Å². The van der Waals surface area contributed by atoms with Crippen molar-refractivity contribution in [1.82, 2.24) is 20.0 Å². The van der Waals surface area contributed by atoms with Gasteiger partial charge in [-0.25, -0.2) is 0 Å². The van der Waals surface area contributed by atoms with Gasteiger partial charge >= 0.3 is 0 Å². The molecule has 0 aromatic carbocycles. The van der Waals surface area contributed by atoms with Gasteiger partial charge in [0.1, 0.15) is 12.1 Å². The Bertz CT molecular complexity index is 512. The zero-order chi connectivity index (χ0) is 15.4. The summed E-state index contributed by atoms with van der Waals surface area (Å²) in [5, 5.41) is 6.99. The van der Waals surface area contributed by atoms with Crippen LogP contribution in [0.4, 0.5) is 0 Å². The zero-order valence-electron chi connectivity index (χ0n) is 13.0. The van der Waals surface area contributed by atoms with E-state index in [2.05, 4.69) is 10.4 Å². The lowest BCUT2D eigenvalue weighted by Crippen LogP contribution is -2.63. The van der Waals surface area contributed by atoms with Crippen LogP contribution < -0.4 is 5.32 Å². The Labute approximate surface area is 125 Å². The zero-order valence-corrected chi connectivity index (χ0v) is 13.0. The molecule has 0 radical (unpaired) electrons. The molecular formula is C15H24N4O2. The van der Waals surface area contributed by atoms with Crippen LogP contribution in [0.15, 0.2) is 12.4 Å². The molecule has 6 nitrogen and oxygen atoms in total. The van der Waals surface area contributed by atoms with Gasteiger partial charge < -0.3 is 10.2 Å². The average Bonchev–Trinajstić information content (AvgIpc) is 2.86. The molecule has 0 saturated carbocycles. The Kier molecular flexibility index (Phi) is 4.98. The highest BCUT2D eigenvalue weighted by atomic mass is 16.2. The Balaban J connectivity index is 2.07. The van der Waals surface area contributed by atoms with Crippen molar-refractivity contribution in [2.45, 2.75) is 51.6 Å². The first-order valence-corrected chi connectivity index (χ1v) is 7.65. The molecule has 21 heavy (non-hydrogen) atoms. The van der Waals surface area contributed by atoms with Gasteiger partial charge in [-0.2, -0.15) is 5.10 Å². The highest BCUT2D eigenvalue weighted by molar-refractivity contribution is 5.96. The molecule has 0 aliphatic carbocycles. The molecule has 2 heterocycles. The predicted molar refractivity (Wildman–Crippen MR) is 79.5 cm³/mol. The van der Waals surface area contributed by atoms with Gasteiger partial charge in [-0.05, 0) is 24.8 Å². The highest BCUT2D eigenvalue weighted by Gasteiger charge is 2.38. The lowest BCUT2D eigenvalue weighted by Gasteiger charge is -2.38. The second-order valence-electron chi connectivity index (χ2n) is 5.58. The molecule has 1 fully saturated rings. The lowest BCUT2D eigenvalue weighted by atomic mass is 10.0. The maximum Gasteiger partial charge on any atom is 0.245 e. The van der Waals surface area contributed by atoms with Crippen LogP contribution in [0.25, 0.3) is 0 Å². The van der Waals surface area contributed by atoms with E-state index < -0.39 is 0 Å². The number of rotatable bonds is 6. The number of amides is 2. The standard InChI is InChI=1S/C15H24N4O2/c1-4-6-12-15(21)19(13(5-2)14(20)17-12)8-7-11-9-16-18(3)10-11/h9-10,12-13H,4-8H2,1-3H3,(H,17,20). The minimum atomic E-state index is -0.362. The number of aryl methyl sites for hydroxylation is 1. The molecule has 0 bridgehead atoms. The molecule has 2 unspecified atom stereocenters. The van der Waals surface area contributed by atoms with Crippen molar-refractivity contribution in [1.29, 1.82) is 0 Å². The Hall–Kier alpha value is -1.85. The first kappa shape index (κ1) is 15.5. The molecular weight excluding hydrogens is 268 g/mol. The van der Waals surface area contributed by atoms with E-state index in [1.165, 1.54) is 0 Å². The SMILES string of the molecule is CCCC1NC(=O)C(CC)N(CCc2cnn(C)c2)C1=O. The van der Waals surface area contributed by atoms with Crippen molar-refractivity contribution in [2.24, 2.45) is 7.05 Å². The number of hydrogen-bond acceptors (Lipinski definition) is 3. The van der Waals surface area contributed by atoms with Crippen molar-refractivity contribution < 1.29 is 9.59 Å². The van der Waals surface area contributed by atoms with E-state index in [0.717, 1.165) is 18.4 Å². The van der Waals surface area contributed by atoms with E-state index >= 15 is 0 Å². The van der Waals surface area contributed by atoms with Crippen LogP contribution >= 0.6 is 0 Å². The van der Waals surface area contributed by atoms with Gasteiger partial charge in [0, 0.05) is 19.8 Å². The third-order valence-corrected chi connectivity index (χ3v) is 3.94. The number of aromatic nitrogens is 2. The summed E-state index contributed by atoms with van der Waals surface area (Å²) < 4.78 is 1.75. The van der Waals surface area contributed by atoms with Gasteiger partial charge in [0.15, 0.2) is 0 Å². The summed E-state index contributed by atoms with van der Waals surface area (Å²) in [6, 6.07) is -0.707. The van der Waals surface area contributed by atoms with Crippen LogP contribution in [0.2, 0.25) is 0 Å². The van der Waals surface area contributed by atoms with Crippen LogP contribution in [-0.4, -0.2) is 45.1 Å². The van der Waals surface area contributed by atoms with E-state index in [4.69, 9.17) is 0 Å². The fourth-order valence-electron chi connectivity index (χ4n) is 2.83. The second kappa shape index (κ2) is 6.74. The summed E-state index contributed by atoms with van der Waals surface area (Å²) in [6.45, 7) is 4.52. The summed E-state index contributed by atoms with van der Waals surface area (Å²) in [4.78, 5) is 26.4. The average molecular weight is 292 g/mol. The molecule has 2 rings (SSSR count). The van der Waals surface area contributed by atoms with E-state index in [1.54, 1.807) is 15.8 Å². The molecule has 116 valence electrons. The quantitative estimate of drug-likeness (QED) is 0.846. The van der Waals surface area contributed by atoms with Gasteiger partial charge in [0.05, 0.1) is 6.20 Å². The molecule has 1 N–H and O–H groups in total. The summed E-state index contributed by atoms with van der Waals surface area (Å²) in [7, 11) is 1.87. The largest absolute Gasteiger partial charge is 0.343 e. The Morgan fingerprint density at radius 2 is 2.10 bits per heavy atom. The van der Waals surface area contributed by atoms with Crippen LogP contribution in [0, 0.1) is 0 Å². The smallest absolute Gasteiger partial charge is 0.245 e. The number of piperazine rings is 1. The number of nitrogens with zero attached hydrogens (tertiary/aromatic N) is 3. The van der Waals surface area contributed by atoms with Gasteiger partial charge in [-0.3, -0.25) is 14.3 Å². The molecule has 1 aliphatic heterocycles. The molecule has 2 amide bonds. The summed E-state index contributed by atoms with van der Waals surface area (Å²) >= 11 is 0. The van der Waals surface area contributed by atoms with E-state index in [9.17, 15) is 9.59 Å². The third kappa shape index (κ3) is 3.43. The Morgan fingerprint density at radius 1 is 1.33 bits per heavy atom. The Morgan fingerprint density at radius 3 is 2.67 bits per heavy atom. The molecule has 1 aromatic rings. The monoisotopic (exact) mass is 292 g/mol. The molecule has 2 atom stereocenters. The van der Waals surface area contributed by atoms with Crippen LogP contribution in [0.3, 0.4) is 0 Å². The van der Waals surface area contributed by atoms with E-state index in [-0.39, 0.29) is 23.9 Å². The van der Waals surface area contributed by atoms with Gasteiger partial charge in [0.25, 0.3) is 0 Å². The number of carbonyl (C=O) groups is 2. The maximum atomic E-state index is 12.5. The van der Waals surface area contributed by atoms with Crippen molar-refractivity contribution in [3.63, 3.8) is 0 Å². The number of hydrogen-bond donors (Lipinski definition) is 1. The minimum Gasteiger partial charge on any atom is -0.343 e. The fraction of sp³-hybridized carbons (Fsp3) is 0.667. The third-order valence-electron chi connectivity index (χ3n) is 3.94. The first-order valence-electron chi connectivity index (χ1n) is 7.65. The number of nitrogens with one attached hydrogen (secondary N) is 1. The van der Waals surface area contributed by atoms with E-state index in [1.807, 2.05) is 27.1 Å². The van der Waals surface area contributed by atoms with Crippen LogP contribution in [0.5, 0.6) is 0 Å². The number of carbonyl (C=O) groups excluding carboxylic acids is 2. The minimum absolute atomic E-state index is 0.0262. The predicted octanol–water partition coefficient (Wildman–Crippen LogP) is 0.868. The molecule has 0 spiro atoms. The van der Waals surface area contributed by atoms with Crippen molar-refractivity contribution >= 4 is 11.8 Å².